The fourth-order valence-corrected chi connectivity index (χ4v) is 3.82. The van der Waals surface area contributed by atoms with Crippen molar-refractivity contribution in [3.63, 3.8) is 0 Å². The summed E-state index contributed by atoms with van der Waals surface area (Å²) in [7, 11) is 3.88. The van der Waals surface area contributed by atoms with Gasteiger partial charge in [0, 0.05) is 26.3 Å². The lowest BCUT2D eigenvalue weighted by Gasteiger charge is -2.35. The summed E-state index contributed by atoms with van der Waals surface area (Å²) >= 11 is 0. The van der Waals surface area contributed by atoms with E-state index >= 15 is 0 Å². The Morgan fingerprint density at radius 1 is 1.22 bits per heavy atom. The van der Waals surface area contributed by atoms with Gasteiger partial charge in [-0.2, -0.15) is 0 Å². The predicted octanol–water partition coefficient (Wildman–Crippen LogP) is 4.14. The maximum absolute atomic E-state index is 13.5. The van der Waals surface area contributed by atoms with Crippen molar-refractivity contribution in [1.29, 1.82) is 0 Å². The number of aromatic amines is 1. The number of imidazole rings is 1. The zero-order valence-corrected chi connectivity index (χ0v) is 15.6. The number of piperidine rings is 1. The molecule has 1 aliphatic rings. The maximum Gasteiger partial charge on any atom is 0.256 e. The molecule has 2 heterocycles. The zero-order valence-electron chi connectivity index (χ0n) is 15.6. The SMILES string of the molecule is CN(C)c1ccccc1C(=O)N1CCCC[C@H]1c1nc2ccc(F)cc2[nH]1. The number of amides is 1. The summed E-state index contributed by atoms with van der Waals surface area (Å²) in [6.45, 7) is 0.691. The van der Waals surface area contributed by atoms with Crippen LogP contribution >= 0.6 is 0 Å². The van der Waals surface area contributed by atoms with Crippen LogP contribution in [0.25, 0.3) is 11.0 Å². The van der Waals surface area contributed by atoms with Gasteiger partial charge >= 0.3 is 0 Å². The number of H-pyrrole nitrogens is 1. The lowest BCUT2D eigenvalue weighted by atomic mass is 9.99. The Kier molecular flexibility index (Phi) is 4.56. The van der Waals surface area contributed by atoms with Gasteiger partial charge in [0.1, 0.15) is 11.6 Å². The molecular weight excluding hydrogens is 343 g/mol. The van der Waals surface area contributed by atoms with Crippen molar-refractivity contribution in [1.82, 2.24) is 14.9 Å². The minimum atomic E-state index is -0.297. The number of halogens is 1. The number of hydrogen-bond acceptors (Lipinski definition) is 3. The molecule has 0 radical (unpaired) electrons. The average Bonchev–Trinajstić information content (AvgIpc) is 3.10. The molecule has 1 atom stereocenters. The molecule has 1 amide bonds. The number of benzene rings is 2. The molecule has 1 aliphatic heterocycles. The number of rotatable bonds is 3. The lowest BCUT2D eigenvalue weighted by molar-refractivity contribution is 0.0602. The number of anilines is 1. The van der Waals surface area contributed by atoms with E-state index in [0.717, 1.165) is 36.3 Å². The smallest absolute Gasteiger partial charge is 0.256 e. The van der Waals surface area contributed by atoms with Crippen LogP contribution in [-0.4, -0.2) is 41.4 Å². The van der Waals surface area contributed by atoms with E-state index in [9.17, 15) is 9.18 Å². The van der Waals surface area contributed by atoms with Gasteiger partial charge in [-0.15, -0.1) is 0 Å². The molecule has 6 heteroatoms. The molecule has 27 heavy (non-hydrogen) atoms. The van der Waals surface area contributed by atoms with Gasteiger partial charge in [0.15, 0.2) is 0 Å². The normalized spacial score (nSPS) is 17.3. The van der Waals surface area contributed by atoms with E-state index in [2.05, 4.69) is 9.97 Å². The highest BCUT2D eigenvalue weighted by atomic mass is 19.1. The van der Waals surface area contributed by atoms with Gasteiger partial charge in [-0.25, -0.2) is 9.37 Å². The van der Waals surface area contributed by atoms with E-state index in [1.165, 1.54) is 12.1 Å². The average molecular weight is 366 g/mol. The topological polar surface area (TPSA) is 52.2 Å². The molecule has 1 fully saturated rings. The Morgan fingerprint density at radius 3 is 2.85 bits per heavy atom. The number of hydrogen-bond donors (Lipinski definition) is 1. The summed E-state index contributed by atoms with van der Waals surface area (Å²) in [5.74, 6) is 0.441. The third-order valence-electron chi connectivity index (χ3n) is 5.16. The highest BCUT2D eigenvalue weighted by Crippen LogP contribution is 2.33. The van der Waals surface area contributed by atoms with Crippen LogP contribution in [-0.2, 0) is 0 Å². The van der Waals surface area contributed by atoms with Gasteiger partial charge in [-0.3, -0.25) is 4.79 Å². The van der Waals surface area contributed by atoms with Gasteiger partial charge in [0.25, 0.3) is 5.91 Å². The second kappa shape index (κ2) is 7.02. The largest absolute Gasteiger partial charge is 0.377 e. The minimum Gasteiger partial charge on any atom is -0.377 e. The second-order valence-corrected chi connectivity index (χ2v) is 7.21. The quantitative estimate of drug-likeness (QED) is 0.758. The summed E-state index contributed by atoms with van der Waals surface area (Å²) < 4.78 is 13.5. The number of nitrogens with zero attached hydrogens (tertiary/aromatic N) is 3. The van der Waals surface area contributed by atoms with Crippen molar-refractivity contribution in [2.24, 2.45) is 0 Å². The Morgan fingerprint density at radius 2 is 2.04 bits per heavy atom. The first kappa shape index (κ1) is 17.5. The van der Waals surface area contributed by atoms with Crippen molar-refractivity contribution in [3.05, 3.63) is 59.7 Å². The van der Waals surface area contributed by atoms with Crippen LogP contribution in [0.5, 0.6) is 0 Å². The molecule has 0 saturated carbocycles. The van der Waals surface area contributed by atoms with E-state index in [-0.39, 0.29) is 17.8 Å². The molecule has 140 valence electrons. The Balaban J connectivity index is 1.71. The molecule has 0 unspecified atom stereocenters. The summed E-state index contributed by atoms with van der Waals surface area (Å²) in [4.78, 5) is 25.1. The van der Waals surface area contributed by atoms with Gasteiger partial charge in [-0.05, 0) is 49.6 Å². The first-order chi connectivity index (χ1) is 13.0. The van der Waals surface area contributed by atoms with E-state index < -0.39 is 0 Å². The highest BCUT2D eigenvalue weighted by Gasteiger charge is 2.32. The molecule has 0 bridgehead atoms. The van der Waals surface area contributed by atoms with Crippen molar-refractivity contribution in [2.45, 2.75) is 25.3 Å². The van der Waals surface area contributed by atoms with Crippen LogP contribution in [0.15, 0.2) is 42.5 Å². The van der Waals surface area contributed by atoms with Gasteiger partial charge in [-0.1, -0.05) is 12.1 Å². The van der Waals surface area contributed by atoms with Gasteiger partial charge < -0.3 is 14.8 Å². The standard InChI is InChI=1S/C21H23FN4O/c1-25(2)18-8-4-3-7-15(18)21(27)26-12-6-5-9-19(26)20-23-16-11-10-14(22)13-17(16)24-20/h3-4,7-8,10-11,13,19H,5-6,9,12H2,1-2H3,(H,23,24)/t19-/m0/s1. The first-order valence-corrected chi connectivity index (χ1v) is 9.27. The Hall–Kier alpha value is -2.89. The maximum atomic E-state index is 13.5. The van der Waals surface area contributed by atoms with Crippen LogP contribution in [0.3, 0.4) is 0 Å². The molecule has 1 saturated heterocycles. The summed E-state index contributed by atoms with van der Waals surface area (Å²) in [6.07, 6.45) is 2.86. The van der Waals surface area contributed by atoms with Crippen LogP contribution in [0.4, 0.5) is 10.1 Å². The molecule has 1 aromatic heterocycles. The molecular formula is C21H23FN4O. The highest BCUT2D eigenvalue weighted by molar-refractivity contribution is 6.00. The monoisotopic (exact) mass is 366 g/mol. The van der Waals surface area contributed by atoms with Crippen molar-refractivity contribution in [3.8, 4) is 0 Å². The first-order valence-electron chi connectivity index (χ1n) is 9.27. The van der Waals surface area contributed by atoms with E-state index in [4.69, 9.17) is 0 Å². The molecule has 4 rings (SSSR count). The van der Waals surface area contributed by atoms with Crippen LogP contribution in [0, 0.1) is 5.82 Å². The van der Waals surface area contributed by atoms with Crippen molar-refractivity contribution in [2.75, 3.05) is 25.5 Å². The summed E-state index contributed by atoms with van der Waals surface area (Å²) in [5.41, 5.74) is 2.98. The van der Waals surface area contributed by atoms with Gasteiger partial charge in [0.05, 0.1) is 22.6 Å². The van der Waals surface area contributed by atoms with Crippen LogP contribution in [0.2, 0.25) is 0 Å². The number of para-hydroxylation sites is 1. The minimum absolute atomic E-state index is 0.00985. The van der Waals surface area contributed by atoms with Crippen LogP contribution < -0.4 is 4.90 Å². The third-order valence-corrected chi connectivity index (χ3v) is 5.16. The van der Waals surface area contributed by atoms with E-state index in [1.54, 1.807) is 6.07 Å². The molecule has 0 aliphatic carbocycles. The molecule has 3 aromatic rings. The molecule has 2 aromatic carbocycles. The van der Waals surface area contributed by atoms with Gasteiger partial charge in [0.2, 0.25) is 0 Å². The number of fused-ring (bicyclic) bond motifs is 1. The summed E-state index contributed by atoms with van der Waals surface area (Å²) in [6, 6.07) is 12.1. The predicted molar refractivity (Wildman–Crippen MR) is 104 cm³/mol. The third kappa shape index (κ3) is 3.27. The molecule has 1 N–H and O–H groups in total. The Bertz CT molecular complexity index is 981. The molecule has 5 nitrogen and oxygen atoms in total. The molecule has 0 spiro atoms. The number of likely N-dealkylation sites (tertiary alicyclic amines) is 1. The van der Waals surface area contributed by atoms with E-state index in [0.29, 0.717) is 17.6 Å². The van der Waals surface area contributed by atoms with Crippen molar-refractivity contribution >= 4 is 22.6 Å². The fraction of sp³-hybridized carbons (Fsp3) is 0.333. The lowest BCUT2D eigenvalue weighted by Crippen LogP contribution is -2.39. The Labute approximate surface area is 157 Å². The fourth-order valence-electron chi connectivity index (χ4n) is 3.82. The zero-order chi connectivity index (χ0) is 19.0. The summed E-state index contributed by atoms with van der Waals surface area (Å²) in [5, 5.41) is 0. The van der Waals surface area contributed by atoms with Crippen molar-refractivity contribution < 1.29 is 9.18 Å². The second-order valence-electron chi connectivity index (χ2n) is 7.21. The number of carbonyl (C=O) groups is 1. The number of carbonyl (C=O) groups excluding carboxylic acids is 1. The van der Waals surface area contributed by atoms with E-state index in [1.807, 2.05) is 48.2 Å². The number of aromatic nitrogens is 2. The number of nitrogens with one attached hydrogen (secondary N) is 1. The van der Waals surface area contributed by atoms with Crippen LogP contribution in [0.1, 0.15) is 41.5 Å².